The number of nitrogens with zero attached hydrogens (tertiary/aromatic N) is 1. The van der Waals surface area contributed by atoms with Gasteiger partial charge in [0.2, 0.25) is 0 Å². The van der Waals surface area contributed by atoms with Gasteiger partial charge in [-0.3, -0.25) is 0 Å². The van der Waals surface area contributed by atoms with E-state index in [9.17, 15) is 0 Å². The molecule has 16 heavy (non-hydrogen) atoms. The molecule has 1 aromatic rings. The van der Waals surface area contributed by atoms with Crippen molar-refractivity contribution in [2.45, 2.75) is 26.4 Å². The highest BCUT2D eigenvalue weighted by Gasteiger charge is 2.16. The van der Waals surface area contributed by atoms with Crippen molar-refractivity contribution >= 4 is 5.69 Å². The Morgan fingerprint density at radius 1 is 1.44 bits per heavy atom. The molecule has 0 spiro atoms. The molecule has 0 fully saturated rings. The number of rotatable bonds is 2. The molecular formula is C14H20N2. The van der Waals surface area contributed by atoms with Gasteiger partial charge in [0.05, 0.1) is 0 Å². The number of nitrogens with one attached hydrogen (secondary N) is 1. The Kier molecular flexibility index (Phi) is 3.62. The third-order valence-corrected chi connectivity index (χ3v) is 3.03. The molecule has 1 aliphatic heterocycles. The van der Waals surface area contributed by atoms with Crippen molar-refractivity contribution < 1.29 is 0 Å². The predicted molar refractivity (Wildman–Crippen MR) is 69.8 cm³/mol. The molecule has 2 heteroatoms. The number of hydrogen-bond acceptors (Lipinski definition) is 2. The van der Waals surface area contributed by atoms with Crippen LogP contribution in [-0.4, -0.2) is 19.1 Å². The molecule has 0 radical (unpaired) electrons. The Hall–Kier alpha value is -1.28. The van der Waals surface area contributed by atoms with E-state index in [1.165, 1.54) is 11.3 Å². The zero-order valence-corrected chi connectivity index (χ0v) is 10.1. The number of para-hydroxylation sites is 1. The van der Waals surface area contributed by atoms with E-state index >= 15 is 0 Å². The first-order chi connectivity index (χ1) is 7.81. The van der Waals surface area contributed by atoms with Crippen molar-refractivity contribution in [3.8, 4) is 0 Å². The standard InChI is InChI=1S/C14H20N2/c1-3-4-9-16-11-12(2)15-10-13-7-5-6-8-14(13)16/h3-8,12,15H,9-11H2,1-2H3/b4-3+. The molecule has 0 aliphatic carbocycles. The maximum atomic E-state index is 3.54. The molecule has 1 N–H and O–H groups in total. The smallest absolute Gasteiger partial charge is 0.0415 e. The zero-order chi connectivity index (χ0) is 11.4. The molecule has 2 nitrogen and oxygen atoms in total. The van der Waals surface area contributed by atoms with E-state index in [1.54, 1.807) is 0 Å². The maximum absolute atomic E-state index is 3.54. The minimum absolute atomic E-state index is 0.539. The molecule has 0 saturated carbocycles. The minimum atomic E-state index is 0.539. The highest BCUT2D eigenvalue weighted by Crippen LogP contribution is 2.22. The Morgan fingerprint density at radius 3 is 3.06 bits per heavy atom. The summed E-state index contributed by atoms with van der Waals surface area (Å²) >= 11 is 0. The van der Waals surface area contributed by atoms with Gasteiger partial charge >= 0.3 is 0 Å². The highest BCUT2D eigenvalue weighted by molar-refractivity contribution is 5.55. The average molecular weight is 216 g/mol. The lowest BCUT2D eigenvalue weighted by atomic mass is 10.1. The topological polar surface area (TPSA) is 15.3 Å². The SMILES string of the molecule is C/C=C/CN1CC(C)NCc2ccccc21. The molecule has 0 bridgehead atoms. The monoisotopic (exact) mass is 216 g/mol. The molecule has 2 rings (SSSR count). The van der Waals surface area contributed by atoms with Gasteiger partial charge in [0, 0.05) is 31.4 Å². The molecule has 1 unspecified atom stereocenters. The van der Waals surface area contributed by atoms with Crippen molar-refractivity contribution in [2.75, 3.05) is 18.0 Å². The third-order valence-electron chi connectivity index (χ3n) is 3.03. The Balaban J connectivity index is 2.27. The molecule has 1 atom stereocenters. The van der Waals surface area contributed by atoms with Crippen molar-refractivity contribution in [1.82, 2.24) is 5.32 Å². The van der Waals surface area contributed by atoms with E-state index in [0.29, 0.717) is 6.04 Å². The van der Waals surface area contributed by atoms with E-state index in [0.717, 1.165) is 19.6 Å². The summed E-state index contributed by atoms with van der Waals surface area (Å²) in [4.78, 5) is 2.44. The van der Waals surface area contributed by atoms with Crippen LogP contribution in [0.1, 0.15) is 19.4 Å². The fourth-order valence-electron chi connectivity index (χ4n) is 2.15. The first kappa shape index (κ1) is 11.2. The average Bonchev–Trinajstić information content (AvgIpc) is 2.47. The van der Waals surface area contributed by atoms with E-state index in [2.05, 4.69) is 60.5 Å². The van der Waals surface area contributed by atoms with Gasteiger partial charge in [-0.2, -0.15) is 0 Å². The highest BCUT2D eigenvalue weighted by atomic mass is 15.2. The number of anilines is 1. The lowest BCUT2D eigenvalue weighted by Crippen LogP contribution is -2.36. The van der Waals surface area contributed by atoms with Crippen molar-refractivity contribution in [1.29, 1.82) is 0 Å². The summed E-state index contributed by atoms with van der Waals surface area (Å²) in [5.41, 5.74) is 2.77. The normalized spacial score (nSPS) is 20.9. The van der Waals surface area contributed by atoms with Crippen molar-refractivity contribution in [2.24, 2.45) is 0 Å². The first-order valence-electron chi connectivity index (χ1n) is 5.98. The fraction of sp³-hybridized carbons (Fsp3) is 0.429. The maximum Gasteiger partial charge on any atom is 0.0415 e. The van der Waals surface area contributed by atoms with E-state index in [4.69, 9.17) is 0 Å². The second-order valence-corrected chi connectivity index (χ2v) is 4.38. The fourth-order valence-corrected chi connectivity index (χ4v) is 2.15. The Bertz CT molecular complexity index is 371. The molecular weight excluding hydrogens is 196 g/mol. The molecule has 0 saturated heterocycles. The number of allylic oxidation sites excluding steroid dienone is 1. The van der Waals surface area contributed by atoms with Crippen molar-refractivity contribution in [3.63, 3.8) is 0 Å². The van der Waals surface area contributed by atoms with Crippen molar-refractivity contribution in [3.05, 3.63) is 42.0 Å². The summed E-state index contributed by atoms with van der Waals surface area (Å²) in [7, 11) is 0. The van der Waals surface area contributed by atoms with Crippen LogP contribution < -0.4 is 10.2 Å². The van der Waals surface area contributed by atoms with E-state index in [-0.39, 0.29) is 0 Å². The number of benzene rings is 1. The van der Waals surface area contributed by atoms with Crippen LogP contribution in [0.25, 0.3) is 0 Å². The van der Waals surface area contributed by atoms with Crippen LogP contribution in [0.2, 0.25) is 0 Å². The van der Waals surface area contributed by atoms with E-state index < -0.39 is 0 Å². The van der Waals surface area contributed by atoms with Gasteiger partial charge in [0.1, 0.15) is 0 Å². The zero-order valence-electron chi connectivity index (χ0n) is 10.1. The second kappa shape index (κ2) is 5.17. The summed E-state index contributed by atoms with van der Waals surface area (Å²) in [5, 5.41) is 3.54. The molecule has 86 valence electrons. The summed E-state index contributed by atoms with van der Waals surface area (Å²) in [5.74, 6) is 0. The van der Waals surface area contributed by atoms with Gasteiger partial charge in [0.25, 0.3) is 0 Å². The largest absolute Gasteiger partial charge is 0.366 e. The van der Waals surface area contributed by atoms with Crippen LogP contribution in [0.5, 0.6) is 0 Å². The van der Waals surface area contributed by atoms with E-state index in [1.807, 2.05) is 0 Å². The molecule has 1 aliphatic rings. The summed E-state index contributed by atoms with van der Waals surface area (Å²) in [6.07, 6.45) is 4.33. The van der Waals surface area contributed by atoms with Gasteiger partial charge in [-0.15, -0.1) is 0 Å². The van der Waals surface area contributed by atoms with Crippen LogP contribution in [-0.2, 0) is 6.54 Å². The molecule has 1 aromatic carbocycles. The van der Waals surface area contributed by atoms with Gasteiger partial charge in [-0.25, -0.2) is 0 Å². The van der Waals surface area contributed by atoms with Gasteiger partial charge in [-0.1, -0.05) is 30.4 Å². The van der Waals surface area contributed by atoms with Crippen LogP contribution >= 0.6 is 0 Å². The lowest BCUT2D eigenvalue weighted by molar-refractivity contribution is 0.559. The van der Waals surface area contributed by atoms with Crippen LogP contribution in [0.3, 0.4) is 0 Å². The van der Waals surface area contributed by atoms with Crippen LogP contribution in [0, 0.1) is 0 Å². The summed E-state index contributed by atoms with van der Waals surface area (Å²) < 4.78 is 0. The predicted octanol–water partition coefficient (Wildman–Crippen LogP) is 2.56. The van der Waals surface area contributed by atoms with Crippen LogP contribution in [0.15, 0.2) is 36.4 Å². The molecule has 0 amide bonds. The first-order valence-corrected chi connectivity index (χ1v) is 5.98. The molecule has 1 heterocycles. The summed E-state index contributed by atoms with van der Waals surface area (Å²) in [6.45, 7) is 7.37. The quantitative estimate of drug-likeness (QED) is 0.764. The second-order valence-electron chi connectivity index (χ2n) is 4.38. The number of fused-ring (bicyclic) bond motifs is 1. The number of hydrogen-bond donors (Lipinski definition) is 1. The van der Waals surface area contributed by atoms with Gasteiger partial charge in [0.15, 0.2) is 0 Å². The van der Waals surface area contributed by atoms with Gasteiger partial charge in [-0.05, 0) is 25.5 Å². The third kappa shape index (κ3) is 2.45. The molecule has 0 aromatic heterocycles. The summed E-state index contributed by atoms with van der Waals surface area (Å²) in [6, 6.07) is 9.21. The Morgan fingerprint density at radius 2 is 2.25 bits per heavy atom. The Labute approximate surface area is 98.0 Å². The minimum Gasteiger partial charge on any atom is -0.366 e. The van der Waals surface area contributed by atoms with Gasteiger partial charge < -0.3 is 10.2 Å². The van der Waals surface area contributed by atoms with Crippen LogP contribution in [0.4, 0.5) is 5.69 Å². The lowest BCUT2D eigenvalue weighted by Gasteiger charge is -2.25.